The molecule has 18 heavy (non-hydrogen) atoms. The van der Waals surface area contributed by atoms with Gasteiger partial charge in [-0.1, -0.05) is 17.7 Å². The third kappa shape index (κ3) is 4.30. The molecule has 2 N–H and O–H groups in total. The Morgan fingerprint density at radius 1 is 1.39 bits per heavy atom. The summed E-state index contributed by atoms with van der Waals surface area (Å²) in [4.78, 5) is 1.37. The first kappa shape index (κ1) is 13.9. The van der Waals surface area contributed by atoms with Gasteiger partial charge in [0.05, 0.1) is 6.61 Å². The molecule has 1 aromatic rings. The molecule has 1 fully saturated rings. The Kier molecular flexibility index (Phi) is 5.10. The fourth-order valence-electron chi connectivity index (χ4n) is 1.98. The Bertz CT molecular complexity index is 390. The number of nitrogens with one attached hydrogen (secondary N) is 1. The third-order valence-electron chi connectivity index (χ3n) is 3.34. The molecule has 0 heterocycles. The molecule has 2 nitrogen and oxygen atoms in total. The highest BCUT2D eigenvalue weighted by atomic mass is 32.2. The molecule has 0 aromatic heterocycles. The van der Waals surface area contributed by atoms with Crippen molar-refractivity contribution in [3.05, 3.63) is 29.3 Å². The summed E-state index contributed by atoms with van der Waals surface area (Å²) >= 11 is 1.90. The zero-order chi connectivity index (χ0) is 13.0. The Labute approximate surface area is 114 Å². The largest absolute Gasteiger partial charge is 0.395 e. The van der Waals surface area contributed by atoms with Crippen molar-refractivity contribution in [2.24, 2.45) is 0 Å². The second-order valence-corrected chi connectivity index (χ2v) is 6.36. The number of hydrogen-bond acceptors (Lipinski definition) is 3. The minimum absolute atomic E-state index is 0.254. The summed E-state index contributed by atoms with van der Waals surface area (Å²) in [7, 11) is 0. The zero-order valence-electron chi connectivity index (χ0n) is 11.3. The van der Waals surface area contributed by atoms with Gasteiger partial charge in [-0.05, 0) is 50.5 Å². The van der Waals surface area contributed by atoms with Crippen LogP contribution in [0.1, 0.15) is 30.4 Å². The van der Waals surface area contributed by atoms with E-state index in [1.807, 2.05) is 11.8 Å². The van der Waals surface area contributed by atoms with Gasteiger partial charge in [0.1, 0.15) is 0 Å². The van der Waals surface area contributed by atoms with Crippen molar-refractivity contribution in [1.29, 1.82) is 0 Å². The Balaban J connectivity index is 1.77. The molecule has 1 atom stereocenters. The number of rotatable bonds is 7. The lowest BCUT2D eigenvalue weighted by molar-refractivity contribution is 0.239. The van der Waals surface area contributed by atoms with Gasteiger partial charge in [0.2, 0.25) is 0 Å². The van der Waals surface area contributed by atoms with Crippen LogP contribution < -0.4 is 5.32 Å². The van der Waals surface area contributed by atoms with Gasteiger partial charge in [0.15, 0.2) is 0 Å². The molecule has 0 bridgehead atoms. The van der Waals surface area contributed by atoms with Gasteiger partial charge in [0, 0.05) is 17.0 Å². The second kappa shape index (κ2) is 6.60. The van der Waals surface area contributed by atoms with E-state index in [2.05, 4.69) is 37.4 Å². The molecule has 1 unspecified atom stereocenters. The zero-order valence-corrected chi connectivity index (χ0v) is 12.1. The highest BCUT2D eigenvalue weighted by Crippen LogP contribution is 2.25. The van der Waals surface area contributed by atoms with Crippen LogP contribution in [0.15, 0.2) is 23.1 Å². The summed E-state index contributed by atoms with van der Waals surface area (Å²) in [6.07, 6.45) is 3.59. The standard InChI is InChI=1S/C15H23NOS/c1-11-3-4-12(2)15(9-11)18-8-7-14(10-17)16-13-5-6-13/h3-4,9,13-14,16-17H,5-8,10H2,1-2H3. The van der Waals surface area contributed by atoms with E-state index in [4.69, 9.17) is 0 Å². The summed E-state index contributed by atoms with van der Waals surface area (Å²) in [5, 5.41) is 12.8. The van der Waals surface area contributed by atoms with Gasteiger partial charge in [-0.15, -0.1) is 11.8 Å². The Hall–Kier alpha value is -0.510. The van der Waals surface area contributed by atoms with Crippen molar-refractivity contribution in [3.8, 4) is 0 Å². The van der Waals surface area contributed by atoms with Crippen LogP contribution in [-0.2, 0) is 0 Å². The minimum Gasteiger partial charge on any atom is -0.395 e. The smallest absolute Gasteiger partial charge is 0.0585 e. The highest BCUT2D eigenvalue weighted by Gasteiger charge is 2.23. The summed E-state index contributed by atoms with van der Waals surface area (Å²) < 4.78 is 0. The predicted molar refractivity (Wildman–Crippen MR) is 78.3 cm³/mol. The summed E-state index contributed by atoms with van der Waals surface area (Å²) in [5.41, 5.74) is 2.67. The van der Waals surface area contributed by atoms with Gasteiger partial charge < -0.3 is 10.4 Å². The van der Waals surface area contributed by atoms with E-state index in [1.165, 1.54) is 28.9 Å². The topological polar surface area (TPSA) is 32.3 Å². The summed E-state index contributed by atoms with van der Waals surface area (Å²) in [6.45, 7) is 4.55. The van der Waals surface area contributed by atoms with E-state index in [1.54, 1.807) is 0 Å². The molecule has 0 amide bonds. The molecule has 1 aliphatic rings. The van der Waals surface area contributed by atoms with E-state index >= 15 is 0 Å². The van der Waals surface area contributed by atoms with E-state index in [0.717, 1.165) is 12.2 Å². The van der Waals surface area contributed by atoms with Crippen LogP contribution in [0, 0.1) is 13.8 Å². The third-order valence-corrected chi connectivity index (χ3v) is 4.53. The first-order valence-corrected chi connectivity index (χ1v) is 7.74. The van der Waals surface area contributed by atoms with Gasteiger partial charge in [-0.25, -0.2) is 0 Å². The van der Waals surface area contributed by atoms with Crippen molar-refractivity contribution in [3.63, 3.8) is 0 Å². The van der Waals surface area contributed by atoms with Crippen LogP contribution in [-0.4, -0.2) is 29.5 Å². The van der Waals surface area contributed by atoms with E-state index in [-0.39, 0.29) is 12.6 Å². The fraction of sp³-hybridized carbons (Fsp3) is 0.600. The molecular formula is C15H23NOS. The van der Waals surface area contributed by atoms with E-state index < -0.39 is 0 Å². The predicted octanol–water partition coefficient (Wildman–Crippen LogP) is 2.90. The van der Waals surface area contributed by atoms with E-state index in [0.29, 0.717) is 6.04 Å². The van der Waals surface area contributed by atoms with Crippen LogP contribution in [0.4, 0.5) is 0 Å². The van der Waals surface area contributed by atoms with Gasteiger partial charge in [-0.3, -0.25) is 0 Å². The minimum atomic E-state index is 0.254. The average Bonchev–Trinajstić information content (AvgIpc) is 3.16. The molecule has 2 rings (SSSR count). The maximum absolute atomic E-state index is 9.33. The summed E-state index contributed by atoms with van der Waals surface area (Å²) in [6, 6.07) is 7.54. The fourth-order valence-corrected chi connectivity index (χ4v) is 3.17. The number of hydrogen-bond donors (Lipinski definition) is 2. The van der Waals surface area contributed by atoms with Crippen molar-refractivity contribution in [1.82, 2.24) is 5.32 Å². The van der Waals surface area contributed by atoms with Gasteiger partial charge in [0.25, 0.3) is 0 Å². The van der Waals surface area contributed by atoms with Crippen molar-refractivity contribution < 1.29 is 5.11 Å². The Morgan fingerprint density at radius 2 is 2.17 bits per heavy atom. The lowest BCUT2D eigenvalue weighted by Gasteiger charge is -2.15. The lowest BCUT2D eigenvalue weighted by Crippen LogP contribution is -2.34. The van der Waals surface area contributed by atoms with Crippen molar-refractivity contribution >= 4 is 11.8 Å². The van der Waals surface area contributed by atoms with Crippen molar-refractivity contribution in [2.75, 3.05) is 12.4 Å². The normalized spacial score (nSPS) is 16.8. The number of aliphatic hydroxyl groups excluding tert-OH is 1. The van der Waals surface area contributed by atoms with Gasteiger partial charge in [-0.2, -0.15) is 0 Å². The molecule has 1 aromatic carbocycles. The first-order valence-electron chi connectivity index (χ1n) is 6.76. The molecule has 0 radical (unpaired) electrons. The SMILES string of the molecule is Cc1ccc(C)c(SCCC(CO)NC2CC2)c1. The maximum atomic E-state index is 9.33. The average molecular weight is 265 g/mol. The molecule has 0 spiro atoms. The van der Waals surface area contributed by atoms with Crippen LogP contribution in [0.2, 0.25) is 0 Å². The Morgan fingerprint density at radius 3 is 2.83 bits per heavy atom. The highest BCUT2D eigenvalue weighted by molar-refractivity contribution is 7.99. The van der Waals surface area contributed by atoms with Crippen LogP contribution in [0.5, 0.6) is 0 Å². The number of aryl methyl sites for hydroxylation is 2. The molecule has 3 heteroatoms. The number of benzene rings is 1. The number of thioether (sulfide) groups is 1. The van der Waals surface area contributed by atoms with E-state index in [9.17, 15) is 5.11 Å². The summed E-state index contributed by atoms with van der Waals surface area (Å²) in [5.74, 6) is 1.06. The van der Waals surface area contributed by atoms with Crippen LogP contribution >= 0.6 is 11.8 Å². The number of aliphatic hydroxyl groups is 1. The molecule has 100 valence electrons. The lowest BCUT2D eigenvalue weighted by atomic mass is 10.2. The molecule has 0 saturated heterocycles. The second-order valence-electron chi connectivity index (χ2n) is 5.23. The quantitative estimate of drug-likeness (QED) is 0.744. The maximum Gasteiger partial charge on any atom is 0.0585 e. The monoisotopic (exact) mass is 265 g/mol. The van der Waals surface area contributed by atoms with Gasteiger partial charge >= 0.3 is 0 Å². The molecular weight excluding hydrogens is 242 g/mol. The first-order chi connectivity index (χ1) is 8.69. The van der Waals surface area contributed by atoms with Crippen molar-refractivity contribution in [2.45, 2.75) is 50.1 Å². The molecule has 1 aliphatic carbocycles. The molecule has 0 aliphatic heterocycles. The molecule has 1 saturated carbocycles. The van der Waals surface area contributed by atoms with Crippen LogP contribution in [0.3, 0.4) is 0 Å². The van der Waals surface area contributed by atoms with Crippen LogP contribution in [0.25, 0.3) is 0 Å².